The molecule has 0 radical (unpaired) electrons. The molecular weight excluding hydrogens is 374 g/mol. The Morgan fingerprint density at radius 1 is 1.22 bits per heavy atom. The molecular formula is C16H23N5O5S. The maximum Gasteiger partial charge on any atom is 0.324 e. The third kappa shape index (κ3) is 5.23. The molecule has 0 spiro atoms. The first-order valence-corrected chi connectivity index (χ1v) is 9.37. The number of hydrogen-bond donors (Lipinski definition) is 2. The molecule has 27 heavy (non-hydrogen) atoms. The minimum Gasteiger partial charge on any atom is -0.346 e. The zero-order chi connectivity index (χ0) is 20.1. The van der Waals surface area contributed by atoms with Gasteiger partial charge in [-0.1, -0.05) is 25.2 Å². The van der Waals surface area contributed by atoms with Crippen molar-refractivity contribution in [2.45, 2.75) is 19.9 Å². The minimum atomic E-state index is -0.665. The Morgan fingerprint density at radius 3 is 2.33 bits per heavy atom. The Balaban J connectivity index is 1.82. The van der Waals surface area contributed by atoms with Gasteiger partial charge in [0.05, 0.1) is 22.4 Å². The van der Waals surface area contributed by atoms with Gasteiger partial charge < -0.3 is 20.9 Å². The standard InChI is InChI=1S/C16H23N5O5S/c1-10(2)14(17)15(23)18-9-12(22)19-5-7-20(8-6-19)16(24)11-3-4-13(27-11)21(25)26/h3-4,10,14H,5-9,17H2,1-2H3,(H,18,23)/t14-/m0/s1. The summed E-state index contributed by atoms with van der Waals surface area (Å²) in [5, 5.41) is 13.2. The zero-order valence-electron chi connectivity index (χ0n) is 15.2. The van der Waals surface area contributed by atoms with E-state index in [9.17, 15) is 24.5 Å². The van der Waals surface area contributed by atoms with E-state index in [1.54, 1.807) is 9.80 Å². The maximum absolute atomic E-state index is 12.4. The molecule has 10 nitrogen and oxygen atoms in total. The first-order chi connectivity index (χ1) is 12.7. The molecule has 0 saturated carbocycles. The second kappa shape index (κ2) is 8.91. The van der Waals surface area contributed by atoms with Crippen molar-refractivity contribution >= 4 is 34.1 Å². The van der Waals surface area contributed by atoms with Crippen LogP contribution >= 0.6 is 11.3 Å². The van der Waals surface area contributed by atoms with Gasteiger partial charge in [0.25, 0.3) is 5.91 Å². The van der Waals surface area contributed by atoms with Gasteiger partial charge in [0, 0.05) is 32.2 Å². The highest BCUT2D eigenvalue weighted by atomic mass is 32.1. The van der Waals surface area contributed by atoms with Crippen molar-refractivity contribution in [3.05, 3.63) is 27.1 Å². The number of nitro groups is 1. The van der Waals surface area contributed by atoms with Crippen molar-refractivity contribution in [2.24, 2.45) is 11.7 Å². The third-order valence-corrected chi connectivity index (χ3v) is 5.36. The molecule has 1 atom stereocenters. The summed E-state index contributed by atoms with van der Waals surface area (Å²) in [5.41, 5.74) is 5.73. The lowest BCUT2D eigenvalue weighted by Crippen LogP contribution is -2.53. The highest BCUT2D eigenvalue weighted by Gasteiger charge is 2.27. The van der Waals surface area contributed by atoms with E-state index >= 15 is 0 Å². The molecule has 1 aliphatic heterocycles. The summed E-state index contributed by atoms with van der Waals surface area (Å²) in [6.45, 7) is 4.85. The number of nitrogens with zero attached hydrogens (tertiary/aromatic N) is 3. The fourth-order valence-electron chi connectivity index (χ4n) is 2.55. The van der Waals surface area contributed by atoms with Crippen molar-refractivity contribution in [1.29, 1.82) is 0 Å². The van der Waals surface area contributed by atoms with Crippen LogP contribution in [0.25, 0.3) is 0 Å². The second-order valence-corrected chi connectivity index (χ2v) is 7.62. The SMILES string of the molecule is CC(C)[C@H](N)C(=O)NCC(=O)N1CCN(C(=O)c2ccc([N+](=O)[O-])s2)CC1. The van der Waals surface area contributed by atoms with Crippen LogP contribution in [0.2, 0.25) is 0 Å². The van der Waals surface area contributed by atoms with E-state index in [1.165, 1.54) is 12.1 Å². The van der Waals surface area contributed by atoms with E-state index in [0.717, 1.165) is 11.3 Å². The van der Waals surface area contributed by atoms with Crippen LogP contribution in [0.15, 0.2) is 12.1 Å². The van der Waals surface area contributed by atoms with Crippen LogP contribution in [-0.4, -0.2) is 71.2 Å². The number of nitrogens with two attached hydrogens (primary N) is 1. The molecule has 3 amide bonds. The van der Waals surface area contributed by atoms with Crippen LogP contribution < -0.4 is 11.1 Å². The van der Waals surface area contributed by atoms with Gasteiger partial charge in [0.1, 0.15) is 0 Å². The Labute approximate surface area is 160 Å². The number of amides is 3. The molecule has 0 aromatic carbocycles. The molecule has 2 rings (SSSR count). The Bertz CT molecular complexity index is 727. The van der Waals surface area contributed by atoms with Crippen LogP contribution in [0.5, 0.6) is 0 Å². The molecule has 3 N–H and O–H groups in total. The molecule has 0 unspecified atom stereocenters. The number of rotatable bonds is 6. The Morgan fingerprint density at radius 2 is 1.81 bits per heavy atom. The average molecular weight is 397 g/mol. The third-order valence-electron chi connectivity index (χ3n) is 4.34. The van der Waals surface area contributed by atoms with E-state index in [-0.39, 0.29) is 35.2 Å². The highest BCUT2D eigenvalue weighted by Crippen LogP contribution is 2.25. The predicted octanol–water partition coefficient (Wildman–Crippen LogP) is 0.0402. The molecule has 1 fully saturated rings. The van der Waals surface area contributed by atoms with Gasteiger partial charge in [0.2, 0.25) is 11.8 Å². The largest absolute Gasteiger partial charge is 0.346 e. The normalized spacial score (nSPS) is 15.6. The molecule has 148 valence electrons. The number of nitrogens with one attached hydrogen (secondary N) is 1. The van der Waals surface area contributed by atoms with E-state index in [4.69, 9.17) is 5.73 Å². The summed E-state index contributed by atoms with van der Waals surface area (Å²) >= 11 is 0.836. The lowest BCUT2D eigenvalue weighted by molar-refractivity contribution is -0.380. The van der Waals surface area contributed by atoms with Crippen LogP contribution in [0.4, 0.5) is 5.00 Å². The van der Waals surface area contributed by atoms with Gasteiger partial charge in [-0.05, 0) is 12.0 Å². The molecule has 1 saturated heterocycles. The number of thiophene rings is 1. The van der Waals surface area contributed by atoms with Gasteiger partial charge in [-0.3, -0.25) is 24.5 Å². The minimum absolute atomic E-state index is 0.0252. The van der Waals surface area contributed by atoms with E-state index in [2.05, 4.69) is 5.32 Å². The van der Waals surface area contributed by atoms with Gasteiger partial charge >= 0.3 is 5.00 Å². The molecule has 0 aliphatic carbocycles. The first kappa shape index (κ1) is 20.8. The quantitative estimate of drug-likeness (QED) is 0.513. The van der Waals surface area contributed by atoms with Crippen molar-refractivity contribution in [2.75, 3.05) is 32.7 Å². The number of piperazine rings is 1. The molecule has 0 bridgehead atoms. The van der Waals surface area contributed by atoms with Crippen LogP contribution in [0.1, 0.15) is 23.5 Å². The molecule has 1 aromatic heterocycles. The Kier molecular flexibility index (Phi) is 6.86. The van der Waals surface area contributed by atoms with Crippen LogP contribution in [0, 0.1) is 16.0 Å². The monoisotopic (exact) mass is 397 g/mol. The van der Waals surface area contributed by atoms with Crippen molar-refractivity contribution < 1.29 is 19.3 Å². The fraction of sp³-hybridized carbons (Fsp3) is 0.562. The van der Waals surface area contributed by atoms with Crippen molar-refractivity contribution in [3.63, 3.8) is 0 Å². The second-order valence-electron chi connectivity index (χ2n) is 6.56. The lowest BCUT2D eigenvalue weighted by Gasteiger charge is -2.34. The molecule has 1 aliphatic rings. The van der Waals surface area contributed by atoms with E-state index in [0.29, 0.717) is 31.1 Å². The van der Waals surface area contributed by atoms with Crippen LogP contribution in [0.3, 0.4) is 0 Å². The summed E-state index contributed by atoms with van der Waals surface area (Å²) < 4.78 is 0. The van der Waals surface area contributed by atoms with E-state index in [1.807, 2.05) is 13.8 Å². The van der Waals surface area contributed by atoms with Crippen molar-refractivity contribution in [3.8, 4) is 0 Å². The fourth-order valence-corrected chi connectivity index (χ4v) is 3.34. The summed E-state index contributed by atoms with van der Waals surface area (Å²) in [4.78, 5) is 50.1. The molecule has 2 heterocycles. The van der Waals surface area contributed by atoms with Gasteiger partial charge in [0.15, 0.2) is 0 Å². The Hall–Kier alpha value is -2.53. The number of hydrogen-bond acceptors (Lipinski definition) is 7. The van der Waals surface area contributed by atoms with Crippen molar-refractivity contribution in [1.82, 2.24) is 15.1 Å². The summed E-state index contributed by atoms with van der Waals surface area (Å²) in [6.07, 6.45) is 0. The number of carbonyl (C=O) groups excluding carboxylic acids is 3. The van der Waals surface area contributed by atoms with Gasteiger partial charge in [-0.25, -0.2) is 0 Å². The summed E-state index contributed by atoms with van der Waals surface area (Å²) in [5.74, 6) is -0.913. The van der Waals surface area contributed by atoms with E-state index < -0.39 is 11.0 Å². The topological polar surface area (TPSA) is 139 Å². The average Bonchev–Trinajstić information content (AvgIpc) is 3.15. The molecule has 1 aromatic rings. The summed E-state index contributed by atoms with van der Waals surface area (Å²) in [7, 11) is 0. The predicted molar refractivity (Wildman–Crippen MR) is 99.3 cm³/mol. The smallest absolute Gasteiger partial charge is 0.324 e. The van der Waals surface area contributed by atoms with Gasteiger partial charge in [-0.15, -0.1) is 0 Å². The van der Waals surface area contributed by atoms with Crippen LogP contribution in [-0.2, 0) is 9.59 Å². The molecule has 11 heteroatoms. The zero-order valence-corrected chi connectivity index (χ0v) is 16.0. The number of carbonyl (C=O) groups is 3. The highest BCUT2D eigenvalue weighted by molar-refractivity contribution is 7.17. The summed E-state index contributed by atoms with van der Waals surface area (Å²) in [6, 6.07) is 2.08. The van der Waals surface area contributed by atoms with Gasteiger partial charge in [-0.2, -0.15) is 0 Å². The maximum atomic E-state index is 12.4. The first-order valence-electron chi connectivity index (χ1n) is 8.55. The lowest BCUT2D eigenvalue weighted by atomic mass is 10.1.